The number of fused-ring (bicyclic) bond motifs is 1. The summed E-state index contributed by atoms with van der Waals surface area (Å²) in [7, 11) is 0. The van der Waals surface area contributed by atoms with E-state index in [2.05, 4.69) is 29.8 Å². The van der Waals surface area contributed by atoms with Crippen LogP contribution in [0.5, 0.6) is 0 Å². The second kappa shape index (κ2) is 4.12. The molecule has 2 rings (SSSR count). The van der Waals surface area contributed by atoms with Crippen molar-refractivity contribution in [1.29, 1.82) is 0 Å². The summed E-state index contributed by atoms with van der Waals surface area (Å²) < 4.78 is 0. The van der Waals surface area contributed by atoms with Gasteiger partial charge in [0.25, 0.3) is 0 Å². The Morgan fingerprint density at radius 3 is 3.07 bits per heavy atom. The number of pyridine rings is 1. The van der Waals surface area contributed by atoms with Crippen molar-refractivity contribution in [3.05, 3.63) is 41.6 Å². The number of para-hydroxylation sites is 1. The van der Waals surface area contributed by atoms with Crippen molar-refractivity contribution in [3.63, 3.8) is 0 Å². The number of aromatic nitrogens is 1. The normalized spacial score (nSPS) is 9.73. The first-order valence-corrected chi connectivity index (χ1v) is 4.85. The van der Waals surface area contributed by atoms with Gasteiger partial charge >= 0.3 is 0 Å². The van der Waals surface area contributed by atoms with Crippen molar-refractivity contribution >= 4 is 10.9 Å². The van der Waals surface area contributed by atoms with E-state index in [9.17, 15) is 0 Å². The molecule has 0 spiro atoms. The maximum atomic E-state index is 5.32. The molecule has 2 N–H and O–H groups in total. The molecular formula is C13H12N2. The smallest absolute Gasteiger partial charge is 0.0732 e. The number of nitrogens with two attached hydrogens (primary N) is 1. The molecule has 1 aromatic heterocycles. The minimum absolute atomic E-state index is 0.381. The number of nitrogens with zero attached hydrogens (tertiary/aromatic N) is 1. The Morgan fingerprint density at radius 1 is 1.40 bits per heavy atom. The standard InChI is InChI=1S/C13H12N2/c1-10-4-2-6-12-8-11(5-3-7-14)9-15-13(10)12/h2,4,6,8-9H,7,14H2,1H3. The third-order valence-corrected chi connectivity index (χ3v) is 2.25. The van der Waals surface area contributed by atoms with Crippen LogP contribution in [0.25, 0.3) is 10.9 Å². The summed E-state index contributed by atoms with van der Waals surface area (Å²) in [6, 6.07) is 8.17. The summed E-state index contributed by atoms with van der Waals surface area (Å²) in [6.07, 6.45) is 1.79. The van der Waals surface area contributed by atoms with E-state index in [-0.39, 0.29) is 0 Å². The van der Waals surface area contributed by atoms with Crippen molar-refractivity contribution in [2.75, 3.05) is 6.54 Å². The van der Waals surface area contributed by atoms with Gasteiger partial charge in [0.15, 0.2) is 0 Å². The van der Waals surface area contributed by atoms with E-state index < -0.39 is 0 Å². The van der Waals surface area contributed by atoms with Crippen molar-refractivity contribution in [2.45, 2.75) is 6.92 Å². The fraction of sp³-hybridized carbons (Fsp3) is 0.154. The molecule has 15 heavy (non-hydrogen) atoms. The van der Waals surface area contributed by atoms with Crippen molar-refractivity contribution in [2.24, 2.45) is 5.73 Å². The van der Waals surface area contributed by atoms with Crippen LogP contribution in [0.2, 0.25) is 0 Å². The highest BCUT2D eigenvalue weighted by molar-refractivity contribution is 5.82. The van der Waals surface area contributed by atoms with Crippen molar-refractivity contribution in [3.8, 4) is 11.8 Å². The highest BCUT2D eigenvalue weighted by Gasteiger charge is 1.97. The first kappa shape index (κ1) is 9.70. The molecule has 2 aromatic rings. The number of aryl methyl sites for hydroxylation is 1. The Balaban J connectivity index is 2.57. The Bertz CT molecular complexity index is 547. The summed E-state index contributed by atoms with van der Waals surface area (Å²) in [5.41, 5.74) is 8.46. The van der Waals surface area contributed by atoms with E-state index in [4.69, 9.17) is 5.73 Å². The van der Waals surface area contributed by atoms with Crippen LogP contribution in [-0.2, 0) is 0 Å². The Morgan fingerprint density at radius 2 is 2.27 bits per heavy atom. The molecule has 0 atom stereocenters. The van der Waals surface area contributed by atoms with Crippen molar-refractivity contribution < 1.29 is 0 Å². The summed E-state index contributed by atoms with van der Waals surface area (Å²) >= 11 is 0. The van der Waals surface area contributed by atoms with Gasteiger partial charge in [-0.25, -0.2) is 0 Å². The lowest BCUT2D eigenvalue weighted by Crippen LogP contribution is -1.93. The van der Waals surface area contributed by atoms with Crippen LogP contribution in [0.15, 0.2) is 30.5 Å². The Labute approximate surface area is 89.1 Å². The van der Waals surface area contributed by atoms with E-state index in [1.165, 1.54) is 5.56 Å². The molecule has 0 unspecified atom stereocenters. The molecule has 0 radical (unpaired) electrons. The molecule has 0 aliphatic heterocycles. The molecule has 0 bridgehead atoms. The van der Waals surface area contributed by atoms with Gasteiger partial charge in [0.05, 0.1) is 12.1 Å². The molecule has 0 fully saturated rings. The fourth-order valence-electron chi connectivity index (χ4n) is 1.53. The van der Waals surface area contributed by atoms with E-state index in [1.54, 1.807) is 6.20 Å². The van der Waals surface area contributed by atoms with E-state index >= 15 is 0 Å². The molecule has 2 heteroatoms. The summed E-state index contributed by atoms with van der Waals surface area (Å²) in [5.74, 6) is 5.80. The average Bonchev–Trinajstić information content (AvgIpc) is 2.26. The van der Waals surface area contributed by atoms with E-state index in [1.807, 2.05) is 18.2 Å². The van der Waals surface area contributed by atoms with Gasteiger partial charge in [0.2, 0.25) is 0 Å². The highest BCUT2D eigenvalue weighted by Crippen LogP contribution is 2.16. The van der Waals surface area contributed by atoms with Crippen molar-refractivity contribution in [1.82, 2.24) is 4.98 Å². The van der Waals surface area contributed by atoms with Crippen LogP contribution >= 0.6 is 0 Å². The zero-order chi connectivity index (χ0) is 10.7. The number of rotatable bonds is 0. The van der Waals surface area contributed by atoms with Gasteiger partial charge < -0.3 is 5.73 Å². The van der Waals surface area contributed by atoms with Crippen LogP contribution in [0, 0.1) is 18.8 Å². The predicted molar refractivity (Wildman–Crippen MR) is 62.4 cm³/mol. The average molecular weight is 196 g/mol. The van der Waals surface area contributed by atoms with Gasteiger partial charge in [-0.1, -0.05) is 30.0 Å². The number of hydrogen-bond acceptors (Lipinski definition) is 2. The zero-order valence-corrected chi connectivity index (χ0v) is 8.62. The SMILES string of the molecule is Cc1cccc2cc(C#CCN)cnc12. The van der Waals surface area contributed by atoms with Crippen LogP contribution in [0.1, 0.15) is 11.1 Å². The summed E-state index contributed by atoms with van der Waals surface area (Å²) in [6.45, 7) is 2.44. The van der Waals surface area contributed by atoms with Gasteiger partial charge in [-0.05, 0) is 18.6 Å². The second-order valence-electron chi connectivity index (χ2n) is 3.38. The van der Waals surface area contributed by atoms with Gasteiger partial charge in [0.1, 0.15) is 0 Å². The first-order chi connectivity index (χ1) is 7.31. The molecule has 74 valence electrons. The number of hydrogen-bond donors (Lipinski definition) is 1. The largest absolute Gasteiger partial charge is 0.320 e. The topological polar surface area (TPSA) is 38.9 Å². The molecule has 0 aliphatic carbocycles. The lowest BCUT2D eigenvalue weighted by molar-refractivity contribution is 1.30. The predicted octanol–water partition coefficient (Wildman–Crippen LogP) is 1.85. The van der Waals surface area contributed by atoms with Crippen LogP contribution in [0.3, 0.4) is 0 Å². The lowest BCUT2D eigenvalue weighted by atomic mass is 10.1. The fourth-order valence-corrected chi connectivity index (χ4v) is 1.53. The van der Waals surface area contributed by atoms with Gasteiger partial charge in [-0.3, -0.25) is 4.98 Å². The molecule has 0 aliphatic rings. The minimum atomic E-state index is 0.381. The van der Waals surface area contributed by atoms with E-state index in [0.717, 1.165) is 16.5 Å². The molecule has 0 amide bonds. The third kappa shape index (κ3) is 1.98. The van der Waals surface area contributed by atoms with Gasteiger partial charge in [-0.2, -0.15) is 0 Å². The molecule has 2 nitrogen and oxygen atoms in total. The molecule has 0 saturated carbocycles. The third-order valence-electron chi connectivity index (χ3n) is 2.25. The Kier molecular flexibility index (Phi) is 2.66. The monoisotopic (exact) mass is 196 g/mol. The van der Waals surface area contributed by atoms with Gasteiger partial charge in [-0.15, -0.1) is 0 Å². The summed E-state index contributed by atoms with van der Waals surface area (Å²) in [4.78, 5) is 4.39. The first-order valence-electron chi connectivity index (χ1n) is 4.85. The molecule has 0 saturated heterocycles. The maximum absolute atomic E-state index is 5.32. The Hall–Kier alpha value is -1.85. The molecule has 1 heterocycles. The summed E-state index contributed by atoms with van der Waals surface area (Å²) in [5, 5.41) is 1.12. The van der Waals surface area contributed by atoms with E-state index in [0.29, 0.717) is 6.54 Å². The van der Waals surface area contributed by atoms with Gasteiger partial charge in [0, 0.05) is 17.1 Å². The second-order valence-corrected chi connectivity index (χ2v) is 3.38. The zero-order valence-electron chi connectivity index (χ0n) is 8.62. The number of benzene rings is 1. The van der Waals surface area contributed by atoms with Crippen LogP contribution in [0.4, 0.5) is 0 Å². The lowest BCUT2D eigenvalue weighted by Gasteiger charge is -2.00. The maximum Gasteiger partial charge on any atom is 0.0732 e. The van der Waals surface area contributed by atoms with Crippen LogP contribution < -0.4 is 5.73 Å². The highest BCUT2D eigenvalue weighted by atomic mass is 14.7. The molecular weight excluding hydrogens is 184 g/mol. The van der Waals surface area contributed by atoms with Crippen LogP contribution in [-0.4, -0.2) is 11.5 Å². The minimum Gasteiger partial charge on any atom is -0.320 e. The quantitative estimate of drug-likeness (QED) is 0.653. The molecule has 1 aromatic carbocycles.